The molecule has 0 radical (unpaired) electrons. The molecule has 0 bridgehead atoms. The van der Waals surface area contributed by atoms with E-state index in [0.29, 0.717) is 5.56 Å². The number of carboxylic acids is 1. The summed E-state index contributed by atoms with van der Waals surface area (Å²) >= 11 is 1.60. The number of carboxylic acid groups (broad SMARTS) is 1. The van der Waals surface area contributed by atoms with Crippen LogP contribution in [-0.4, -0.2) is 16.1 Å². The van der Waals surface area contributed by atoms with Gasteiger partial charge in [0.1, 0.15) is 5.82 Å². The lowest BCUT2D eigenvalue weighted by atomic mass is 9.73. The zero-order valence-electron chi connectivity index (χ0n) is 17.9. The van der Waals surface area contributed by atoms with Gasteiger partial charge in [-0.3, -0.25) is 0 Å². The minimum Gasteiger partial charge on any atom is -0.478 e. The van der Waals surface area contributed by atoms with Crippen molar-refractivity contribution < 1.29 is 14.3 Å². The van der Waals surface area contributed by atoms with Gasteiger partial charge in [0.2, 0.25) is 0 Å². The largest absolute Gasteiger partial charge is 0.478 e. The van der Waals surface area contributed by atoms with E-state index >= 15 is 4.39 Å². The minimum atomic E-state index is -0.983. The van der Waals surface area contributed by atoms with Gasteiger partial charge in [-0.15, -0.1) is 11.3 Å². The highest BCUT2D eigenvalue weighted by atomic mass is 32.1. The third kappa shape index (κ3) is 4.37. The molecule has 1 aromatic heterocycles. The monoisotopic (exact) mass is 455 g/mol. The Morgan fingerprint density at radius 1 is 1.03 bits per heavy atom. The van der Waals surface area contributed by atoms with Crippen molar-refractivity contribution in [2.24, 2.45) is 5.92 Å². The first kappa shape index (κ1) is 21.3. The molecule has 0 aliphatic heterocycles. The number of aliphatic carboxylic acids is 1. The first-order valence-electron chi connectivity index (χ1n) is 10.9. The van der Waals surface area contributed by atoms with E-state index in [1.54, 1.807) is 23.5 Å². The Labute approximate surface area is 195 Å². The second-order valence-corrected chi connectivity index (χ2v) is 9.11. The molecule has 0 unspecified atom stereocenters. The van der Waals surface area contributed by atoms with Crippen LogP contribution in [0, 0.1) is 11.7 Å². The maximum absolute atomic E-state index is 15.1. The van der Waals surface area contributed by atoms with Crippen molar-refractivity contribution >= 4 is 44.7 Å². The predicted octanol–water partition coefficient (Wildman–Crippen LogP) is 7.29. The maximum Gasteiger partial charge on any atom is 0.328 e. The van der Waals surface area contributed by atoms with Gasteiger partial charge in [-0.1, -0.05) is 55.0 Å². The van der Waals surface area contributed by atoms with Gasteiger partial charge in [0.05, 0.1) is 15.7 Å². The average molecular weight is 456 g/mol. The number of carbonyl (C=O) groups is 1. The number of allylic oxidation sites excluding steroid dienone is 1. The SMILES string of the molecule is O=C(O)/C=C/c1ccc(/C(=C(\c2ccccc2F)C2CCC2)c2ccc3scnc3c2)cc1. The Bertz CT molecular complexity index is 1380. The highest BCUT2D eigenvalue weighted by molar-refractivity contribution is 7.16. The summed E-state index contributed by atoms with van der Waals surface area (Å²) < 4.78 is 16.2. The van der Waals surface area contributed by atoms with Crippen LogP contribution in [0.25, 0.3) is 27.4 Å². The predicted molar refractivity (Wildman–Crippen MR) is 132 cm³/mol. The molecule has 1 saturated carbocycles. The normalized spacial score (nSPS) is 14.9. The van der Waals surface area contributed by atoms with Gasteiger partial charge in [-0.05, 0) is 70.9 Å². The molecule has 5 rings (SSSR count). The molecule has 1 fully saturated rings. The highest BCUT2D eigenvalue weighted by Gasteiger charge is 2.28. The van der Waals surface area contributed by atoms with Gasteiger partial charge in [0.25, 0.3) is 0 Å². The molecule has 5 heteroatoms. The molecule has 0 spiro atoms. The Kier molecular flexibility index (Phi) is 5.88. The number of fused-ring (bicyclic) bond motifs is 1. The quantitative estimate of drug-likeness (QED) is 0.245. The first-order valence-corrected chi connectivity index (χ1v) is 11.8. The summed E-state index contributed by atoms with van der Waals surface area (Å²) in [6.07, 6.45) is 5.90. The number of thiazole rings is 1. The lowest BCUT2D eigenvalue weighted by Gasteiger charge is -2.32. The fourth-order valence-corrected chi connectivity index (χ4v) is 5.01. The van der Waals surface area contributed by atoms with Crippen molar-refractivity contribution in [1.82, 2.24) is 4.98 Å². The van der Waals surface area contributed by atoms with Gasteiger partial charge in [-0.25, -0.2) is 14.2 Å². The number of hydrogen-bond donors (Lipinski definition) is 1. The third-order valence-corrected chi connectivity index (χ3v) is 6.99. The molecule has 1 heterocycles. The number of hydrogen-bond acceptors (Lipinski definition) is 3. The third-order valence-electron chi connectivity index (χ3n) is 6.18. The molecule has 0 amide bonds. The van der Waals surface area contributed by atoms with Crippen LogP contribution < -0.4 is 0 Å². The summed E-state index contributed by atoms with van der Waals surface area (Å²) in [4.78, 5) is 15.4. The van der Waals surface area contributed by atoms with E-state index in [2.05, 4.69) is 23.2 Å². The van der Waals surface area contributed by atoms with Gasteiger partial charge in [-0.2, -0.15) is 0 Å². The fourth-order valence-electron chi connectivity index (χ4n) is 4.35. The van der Waals surface area contributed by atoms with Crippen molar-refractivity contribution in [3.8, 4) is 0 Å². The molecule has 1 aliphatic carbocycles. The van der Waals surface area contributed by atoms with Crippen LogP contribution in [0.3, 0.4) is 0 Å². The molecule has 164 valence electrons. The number of rotatable bonds is 6. The number of halogens is 1. The van der Waals surface area contributed by atoms with E-state index in [9.17, 15) is 4.79 Å². The van der Waals surface area contributed by atoms with E-state index in [0.717, 1.165) is 63.4 Å². The van der Waals surface area contributed by atoms with Crippen LogP contribution >= 0.6 is 11.3 Å². The van der Waals surface area contributed by atoms with Crippen molar-refractivity contribution in [3.05, 3.63) is 106 Å². The number of benzene rings is 3. The van der Waals surface area contributed by atoms with E-state index in [4.69, 9.17) is 5.11 Å². The summed E-state index contributed by atoms with van der Waals surface area (Å²) in [5.41, 5.74) is 8.23. The number of aromatic nitrogens is 1. The summed E-state index contributed by atoms with van der Waals surface area (Å²) in [6.45, 7) is 0. The topological polar surface area (TPSA) is 50.2 Å². The smallest absolute Gasteiger partial charge is 0.328 e. The molecule has 3 nitrogen and oxygen atoms in total. The van der Waals surface area contributed by atoms with Crippen molar-refractivity contribution in [1.29, 1.82) is 0 Å². The Hall–Kier alpha value is -3.57. The Balaban J connectivity index is 1.74. The lowest BCUT2D eigenvalue weighted by Crippen LogP contribution is -2.16. The summed E-state index contributed by atoms with van der Waals surface area (Å²) in [7, 11) is 0. The average Bonchev–Trinajstić information content (AvgIpc) is 3.25. The van der Waals surface area contributed by atoms with Crippen LogP contribution in [-0.2, 0) is 4.79 Å². The van der Waals surface area contributed by atoms with Crippen molar-refractivity contribution in [2.75, 3.05) is 0 Å². The van der Waals surface area contributed by atoms with E-state index < -0.39 is 5.97 Å². The number of nitrogens with zero attached hydrogens (tertiary/aromatic N) is 1. The highest BCUT2D eigenvalue weighted by Crippen LogP contribution is 2.46. The molecule has 0 saturated heterocycles. The molecular formula is C28H22FNO2S. The van der Waals surface area contributed by atoms with Gasteiger partial charge < -0.3 is 5.11 Å². The Morgan fingerprint density at radius 3 is 2.48 bits per heavy atom. The standard InChI is InChI=1S/C28H22FNO2S/c29-23-7-2-1-6-22(23)28(19-4-3-5-19)27(21-13-14-25-24(16-21)30-17-33-25)20-11-8-18(9-12-20)10-15-26(31)32/h1-2,6-17,19H,3-5H2,(H,31,32)/b15-10+,28-27+. The molecule has 1 aliphatic rings. The van der Waals surface area contributed by atoms with E-state index in [-0.39, 0.29) is 11.7 Å². The first-order chi connectivity index (χ1) is 16.1. The molecule has 3 aromatic carbocycles. The van der Waals surface area contributed by atoms with Crippen molar-refractivity contribution in [2.45, 2.75) is 19.3 Å². The lowest BCUT2D eigenvalue weighted by molar-refractivity contribution is -0.131. The maximum atomic E-state index is 15.1. The second kappa shape index (κ2) is 9.12. The molecular weight excluding hydrogens is 433 g/mol. The van der Waals surface area contributed by atoms with Crippen LogP contribution in [0.2, 0.25) is 0 Å². The second-order valence-electron chi connectivity index (χ2n) is 8.22. The zero-order valence-corrected chi connectivity index (χ0v) is 18.7. The van der Waals surface area contributed by atoms with Gasteiger partial charge in [0, 0.05) is 11.6 Å². The van der Waals surface area contributed by atoms with Crippen LogP contribution in [0.15, 0.2) is 78.3 Å². The minimum absolute atomic E-state index is 0.215. The molecule has 33 heavy (non-hydrogen) atoms. The van der Waals surface area contributed by atoms with E-state index in [1.165, 1.54) is 6.07 Å². The van der Waals surface area contributed by atoms with Gasteiger partial charge in [0.15, 0.2) is 0 Å². The molecule has 4 aromatic rings. The van der Waals surface area contributed by atoms with Gasteiger partial charge >= 0.3 is 5.97 Å². The van der Waals surface area contributed by atoms with Crippen LogP contribution in [0.5, 0.6) is 0 Å². The Morgan fingerprint density at radius 2 is 1.79 bits per heavy atom. The fraction of sp³-hybridized carbons (Fsp3) is 0.143. The van der Waals surface area contributed by atoms with Crippen LogP contribution in [0.4, 0.5) is 4.39 Å². The summed E-state index contributed by atoms with van der Waals surface area (Å²) in [5.74, 6) is -0.912. The summed E-state index contributed by atoms with van der Waals surface area (Å²) in [5, 5.41) is 8.92. The molecule has 1 N–H and O–H groups in total. The van der Waals surface area contributed by atoms with E-state index in [1.807, 2.05) is 41.9 Å². The van der Waals surface area contributed by atoms with Crippen LogP contribution in [0.1, 0.15) is 41.5 Å². The van der Waals surface area contributed by atoms with Crippen molar-refractivity contribution in [3.63, 3.8) is 0 Å². The zero-order chi connectivity index (χ0) is 22.8. The molecule has 0 atom stereocenters. The summed E-state index contributed by atoms with van der Waals surface area (Å²) in [6, 6.07) is 21.0.